The SMILES string of the molecule is CN1CCN=C1CC#N. The van der Waals surface area contributed by atoms with Crippen LogP contribution in [0.1, 0.15) is 6.42 Å². The number of rotatable bonds is 1. The van der Waals surface area contributed by atoms with Crippen molar-refractivity contribution in [2.45, 2.75) is 6.42 Å². The molecule has 48 valence electrons. The third kappa shape index (κ3) is 1.20. The van der Waals surface area contributed by atoms with Gasteiger partial charge in [0.15, 0.2) is 0 Å². The van der Waals surface area contributed by atoms with Crippen molar-refractivity contribution in [2.75, 3.05) is 20.1 Å². The Morgan fingerprint density at radius 2 is 2.67 bits per heavy atom. The fourth-order valence-corrected chi connectivity index (χ4v) is 0.840. The highest BCUT2D eigenvalue weighted by atomic mass is 15.2. The third-order valence-electron chi connectivity index (χ3n) is 1.41. The van der Waals surface area contributed by atoms with E-state index in [1.807, 2.05) is 11.9 Å². The molecule has 0 amide bonds. The molecule has 0 fully saturated rings. The number of likely N-dealkylation sites (N-methyl/N-ethyl adjacent to an activating group) is 1. The van der Waals surface area contributed by atoms with Crippen molar-refractivity contribution in [3.63, 3.8) is 0 Å². The predicted molar refractivity (Wildman–Crippen MR) is 35.2 cm³/mol. The van der Waals surface area contributed by atoms with Gasteiger partial charge in [-0.15, -0.1) is 0 Å². The second kappa shape index (κ2) is 2.49. The molecule has 3 heteroatoms. The average Bonchev–Trinajstić information content (AvgIpc) is 2.18. The zero-order valence-corrected chi connectivity index (χ0v) is 5.46. The van der Waals surface area contributed by atoms with Gasteiger partial charge < -0.3 is 4.90 Å². The van der Waals surface area contributed by atoms with Crippen LogP contribution in [0.5, 0.6) is 0 Å². The molecule has 0 aromatic carbocycles. The number of aliphatic imine (C=N–C) groups is 1. The summed E-state index contributed by atoms with van der Waals surface area (Å²) in [5, 5.41) is 8.29. The zero-order valence-electron chi connectivity index (χ0n) is 5.46. The van der Waals surface area contributed by atoms with Crippen molar-refractivity contribution in [2.24, 2.45) is 4.99 Å². The van der Waals surface area contributed by atoms with Crippen LogP contribution in [0.2, 0.25) is 0 Å². The summed E-state index contributed by atoms with van der Waals surface area (Å²) >= 11 is 0. The summed E-state index contributed by atoms with van der Waals surface area (Å²) < 4.78 is 0. The fourth-order valence-electron chi connectivity index (χ4n) is 0.840. The molecular formula is C6H9N3. The minimum absolute atomic E-state index is 0.455. The number of nitrogens with zero attached hydrogens (tertiary/aromatic N) is 3. The van der Waals surface area contributed by atoms with Gasteiger partial charge in [0.2, 0.25) is 0 Å². The van der Waals surface area contributed by atoms with Crippen LogP contribution in [0.4, 0.5) is 0 Å². The topological polar surface area (TPSA) is 39.4 Å². The van der Waals surface area contributed by atoms with Gasteiger partial charge in [-0.1, -0.05) is 0 Å². The van der Waals surface area contributed by atoms with Crippen molar-refractivity contribution in [1.29, 1.82) is 5.26 Å². The molecule has 0 radical (unpaired) electrons. The molecule has 1 rings (SSSR count). The van der Waals surface area contributed by atoms with Gasteiger partial charge >= 0.3 is 0 Å². The Hall–Kier alpha value is -1.04. The predicted octanol–water partition coefficient (Wildman–Crippen LogP) is 0.244. The van der Waals surface area contributed by atoms with Gasteiger partial charge in [-0.2, -0.15) is 5.26 Å². The molecule has 0 N–H and O–H groups in total. The Balaban J connectivity index is 2.50. The van der Waals surface area contributed by atoms with E-state index in [1.54, 1.807) is 0 Å². The standard InChI is InChI=1S/C6H9N3/c1-9-5-4-8-6(9)2-3-7/h2,4-5H2,1H3. The Morgan fingerprint density at radius 3 is 3.11 bits per heavy atom. The van der Waals surface area contributed by atoms with Crippen LogP contribution >= 0.6 is 0 Å². The van der Waals surface area contributed by atoms with Crippen LogP contribution in [0, 0.1) is 11.3 Å². The van der Waals surface area contributed by atoms with E-state index in [9.17, 15) is 0 Å². The van der Waals surface area contributed by atoms with E-state index in [-0.39, 0.29) is 0 Å². The monoisotopic (exact) mass is 123 g/mol. The Labute approximate surface area is 54.6 Å². The lowest BCUT2D eigenvalue weighted by Crippen LogP contribution is -2.21. The van der Waals surface area contributed by atoms with Crippen molar-refractivity contribution in [1.82, 2.24) is 4.90 Å². The highest BCUT2D eigenvalue weighted by molar-refractivity contribution is 5.85. The molecule has 0 bridgehead atoms. The van der Waals surface area contributed by atoms with Crippen molar-refractivity contribution in [3.8, 4) is 6.07 Å². The molecule has 1 aliphatic heterocycles. The summed E-state index contributed by atoms with van der Waals surface area (Å²) in [5.41, 5.74) is 0. The first-order chi connectivity index (χ1) is 4.34. The van der Waals surface area contributed by atoms with Gasteiger partial charge in [-0.05, 0) is 0 Å². The van der Waals surface area contributed by atoms with E-state index >= 15 is 0 Å². The normalized spacial score (nSPS) is 17.3. The molecule has 0 aromatic rings. The summed E-state index contributed by atoms with van der Waals surface area (Å²) in [6.45, 7) is 1.82. The summed E-state index contributed by atoms with van der Waals surface area (Å²) in [5.74, 6) is 0.928. The van der Waals surface area contributed by atoms with Crippen LogP contribution in [0.25, 0.3) is 0 Å². The minimum Gasteiger partial charge on any atom is -0.361 e. The average molecular weight is 123 g/mol. The first-order valence-electron chi connectivity index (χ1n) is 2.96. The van der Waals surface area contributed by atoms with E-state index in [0.29, 0.717) is 6.42 Å². The largest absolute Gasteiger partial charge is 0.361 e. The van der Waals surface area contributed by atoms with Gasteiger partial charge in [-0.3, -0.25) is 4.99 Å². The van der Waals surface area contributed by atoms with Gasteiger partial charge in [0.1, 0.15) is 5.84 Å². The molecule has 0 saturated carbocycles. The Kier molecular flexibility index (Phi) is 1.69. The molecule has 0 unspecified atom stereocenters. The lowest BCUT2D eigenvalue weighted by Gasteiger charge is -2.09. The van der Waals surface area contributed by atoms with Crippen molar-refractivity contribution in [3.05, 3.63) is 0 Å². The second-order valence-corrected chi connectivity index (χ2v) is 2.05. The quantitative estimate of drug-likeness (QED) is 0.501. The maximum Gasteiger partial charge on any atom is 0.113 e. The smallest absolute Gasteiger partial charge is 0.113 e. The van der Waals surface area contributed by atoms with E-state index in [0.717, 1.165) is 18.9 Å². The molecule has 0 saturated heterocycles. The van der Waals surface area contributed by atoms with Gasteiger partial charge in [0, 0.05) is 13.6 Å². The fraction of sp³-hybridized carbons (Fsp3) is 0.667. The van der Waals surface area contributed by atoms with Gasteiger partial charge in [0.25, 0.3) is 0 Å². The highest BCUT2D eigenvalue weighted by Gasteiger charge is 2.10. The van der Waals surface area contributed by atoms with Crippen LogP contribution in [-0.2, 0) is 0 Å². The highest BCUT2D eigenvalue weighted by Crippen LogP contribution is 1.99. The second-order valence-electron chi connectivity index (χ2n) is 2.05. The van der Waals surface area contributed by atoms with Gasteiger partial charge in [-0.25, -0.2) is 0 Å². The number of amidine groups is 1. The van der Waals surface area contributed by atoms with Gasteiger partial charge in [0.05, 0.1) is 19.0 Å². The van der Waals surface area contributed by atoms with E-state index in [2.05, 4.69) is 11.1 Å². The number of hydrogen-bond donors (Lipinski definition) is 0. The molecule has 0 atom stereocenters. The van der Waals surface area contributed by atoms with E-state index in [1.165, 1.54) is 0 Å². The van der Waals surface area contributed by atoms with Crippen molar-refractivity contribution >= 4 is 5.84 Å². The zero-order chi connectivity index (χ0) is 6.69. The summed E-state index contributed by atoms with van der Waals surface area (Å²) in [4.78, 5) is 6.14. The molecule has 0 aliphatic carbocycles. The molecule has 0 spiro atoms. The first kappa shape index (κ1) is 6.09. The summed E-state index contributed by atoms with van der Waals surface area (Å²) in [7, 11) is 1.96. The maximum atomic E-state index is 8.29. The molecule has 1 aliphatic rings. The van der Waals surface area contributed by atoms with E-state index in [4.69, 9.17) is 5.26 Å². The first-order valence-corrected chi connectivity index (χ1v) is 2.96. The molecule has 3 nitrogen and oxygen atoms in total. The third-order valence-corrected chi connectivity index (χ3v) is 1.41. The van der Waals surface area contributed by atoms with Crippen LogP contribution in [0.3, 0.4) is 0 Å². The van der Waals surface area contributed by atoms with Crippen molar-refractivity contribution < 1.29 is 0 Å². The van der Waals surface area contributed by atoms with E-state index < -0.39 is 0 Å². The lowest BCUT2D eigenvalue weighted by atomic mass is 10.4. The Bertz CT molecular complexity index is 166. The lowest BCUT2D eigenvalue weighted by molar-refractivity contribution is 0.550. The molecule has 0 aromatic heterocycles. The maximum absolute atomic E-state index is 8.29. The molecule has 1 heterocycles. The van der Waals surface area contributed by atoms with Crippen LogP contribution < -0.4 is 0 Å². The number of nitriles is 1. The van der Waals surface area contributed by atoms with Crippen LogP contribution in [-0.4, -0.2) is 30.9 Å². The minimum atomic E-state index is 0.455. The summed E-state index contributed by atoms with van der Waals surface area (Å²) in [6, 6.07) is 2.07. The molecule has 9 heavy (non-hydrogen) atoms. The van der Waals surface area contributed by atoms with Crippen LogP contribution in [0.15, 0.2) is 4.99 Å². The summed E-state index contributed by atoms with van der Waals surface area (Å²) in [6.07, 6.45) is 0.455. The molecular weight excluding hydrogens is 114 g/mol. The number of hydrogen-bond acceptors (Lipinski definition) is 3. The Morgan fingerprint density at radius 1 is 1.89 bits per heavy atom.